The second-order valence-electron chi connectivity index (χ2n) is 4.27. The van der Waals surface area contributed by atoms with Gasteiger partial charge in [0.05, 0.1) is 5.56 Å². The third kappa shape index (κ3) is 5.06. The molecule has 0 bridgehead atoms. The third-order valence-corrected chi connectivity index (χ3v) is 3.95. The number of anilines is 1. The van der Waals surface area contributed by atoms with Gasteiger partial charge in [0.25, 0.3) is 0 Å². The van der Waals surface area contributed by atoms with Crippen LogP contribution in [0.1, 0.15) is 11.1 Å². The minimum atomic E-state index is -4.35. The lowest BCUT2D eigenvalue weighted by Gasteiger charge is -2.11. The number of benzene rings is 2. The second-order valence-corrected chi connectivity index (χ2v) is 5.92. The number of rotatable bonds is 3. The van der Waals surface area contributed by atoms with Crippen molar-refractivity contribution in [2.45, 2.75) is 11.9 Å². The van der Waals surface area contributed by atoms with Gasteiger partial charge in [-0.05, 0) is 23.8 Å². The van der Waals surface area contributed by atoms with Gasteiger partial charge in [0.2, 0.25) is 0 Å². The van der Waals surface area contributed by atoms with E-state index in [-0.39, 0.29) is 0 Å². The van der Waals surface area contributed by atoms with Crippen LogP contribution in [0.15, 0.2) is 54.6 Å². The van der Waals surface area contributed by atoms with Crippen molar-refractivity contribution in [2.75, 3.05) is 5.32 Å². The molecule has 2 rings (SSSR count). The van der Waals surface area contributed by atoms with Crippen LogP contribution in [0.2, 0.25) is 0 Å². The van der Waals surface area contributed by atoms with Crippen LogP contribution in [0, 0.1) is 0 Å². The van der Waals surface area contributed by atoms with Crippen molar-refractivity contribution in [3.05, 3.63) is 65.7 Å². The molecular weight excluding hydrogens is 315 g/mol. The molecule has 2 aromatic carbocycles. The van der Waals surface area contributed by atoms with Gasteiger partial charge in [-0.25, -0.2) is 0 Å². The maximum absolute atomic E-state index is 12.6. The van der Waals surface area contributed by atoms with Gasteiger partial charge >= 0.3 is 6.18 Å². The zero-order valence-corrected chi connectivity index (χ0v) is 12.5. The topological polar surface area (TPSA) is 12.0 Å². The first-order valence-corrected chi connectivity index (χ1v) is 7.49. The summed E-state index contributed by atoms with van der Waals surface area (Å²) in [4.78, 5) is 0. The van der Waals surface area contributed by atoms with Crippen LogP contribution < -0.4 is 5.32 Å². The van der Waals surface area contributed by atoms with E-state index in [0.29, 0.717) is 15.8 Å². The molecule has 1 nitrogen and oxygen atoms in total. The van der Waals surface area contributed by atoms with E-state index >= 15 is 0 Å². The predicted octanol–water partition coefficient (Wildman–Crippen LogP) is 5.34. The summed E-state index contributed by atoms with van der Waals surface area (Å²) in [5.74, 6) is 0.672. The Bertz CT molecular complexity index is 612. The number of halogens is 3. The summed E-state index contributed by atoms with van der Waals surface area (Å²) in [6, 6.07) is 14.7. The molecule has 0 saturated heterocycles. The van der Waals surface area contributed by atoms with E-state index in [1.54, 1.807) is 6.07 Å². The summed E-state index contributed by atoms with van der Waals surface area (Å²) < 4.78 is 38.3. The molecule has 0 aromatic heterocycles. The SMILES string of the molecule is FC(F)(F)c1cccc(NC(=S)SCc2ccccc2)c1. The van der Waals surface area contributed by atoms with Gasteiger partial charge in [-0.1, -0.05) is 60.4 Å². The number of nitrogens with one attached hydrogen (secondary N) is 1. The molecule has 0 unspecified atom stereocenters. The average molecular weight is 327 g/mol. The van der Waals surface area contributed by atoms with Crippen LogP contribution in [0.3, 0.4) is 0 Å². The predicted molar refractivity (Wildman–Crippen MR) is 85.4 cm³/mol. The Morgan fingerprint density at radius 3 is 2.43 bits per heavy atom. The van der Waals surface area contributed by atoms with Crippen LogP contribution in [-0.2, 0) is 11.9 Å². The summed E-state index contributed by atoms with van der Waals surface area (Å²) in [5.41, 5.74) is 0.759. The summed E-state index contributed by atoms with van der Waals surface area (Å²) >= 11 is 6.52. The fourth-order valence-electron chi connectivity index (χ4n) is 1.65. The molecule has 0 aliphatic carbocycles. The van der Waals surface area contributed by atoms with Crippen LogP contribution in [0.5, 0.6) is 0 Å². The molecule has 0 radical (unpaired) electrons. The third-order valence-electron chi connectivity index (χ3n) is 2.65. The summed E-state index contributed by atoms with van der Waals surface area (Å²) in [5, 5.41) is 2.82. The van der Waals surface area contributed by atoms with E-state index in [2.05, 4.69) is 5.32 Å². The highest BCUT2D eigenvalue weighted by Gasteiger charge is 2.30. The maximum atomic E-state index is 12.6. The van der Waals surface area contributed by atoms with Crippen molar-refractivity contribution >= 4 is 34.0 Å². The van der Waals surface area contributed by atoms with Crippen LogP contribution >= 0.6 is 24.0 Å². The highest BCUT2D eigenvalue weighted by molar-refractivity contribution is 8.22. The van der Waals surface area contributed by atoms with E-state index in [1.165, 1.54) is 17.8 Å². The molecule has 0 aliphatic rings. The first-order valence-electron chi connectivity index (χ1n) is 6.10. The Kier molecular flexibility index (Phi) is 5.25. The molecule has 0 saturated carbocycles. The number of hydrogen-bond donors (Lipinski definition) is 1. The minimum absolute atomic E-state index is 0.343. The molecule has 2 aromatic rings. The van der Waals surface area contributed by atoms with E-state index < -0.39 is 11.7 Å². The first-order chi connectivity index (χ1) is 9.95. The lowest BCUT2D eigenvalue weighted by atomic mass is 10.2. The van der Waals surface area contributed by atoms with E-state index in [0.717, 1.165) is 17.7 Å². The van der Waals surface area contributed by atoms with Crippen molar-refractivity contribution in [2.24, 2.45) is 0 Å². The molecule has 1 N–H and O–H groups in total. The van der Waals surface area contributed by atoms with E-state index in [4.69, 9.17) is 12.2 Å². The lowest BCUT2D eigenvalue weighted by molar-refractivity contribution is -0.137. The van der Waals surface area contributed by atoms with E-state index in [1.807, 2.05) is 30.3 Å². The molecule has 21 heavy (non-hydrogen) atoms. The highest BCUT2D eigenvalue weighted by Crippen LogP contribution is 2.31. The summed E-state index contributed by atoms with van der Waals surface area (Å²) in [6.07, 6.45) is -4.35. The molecule has 0 heterocycles. The monoisotopic (exact) mass is 327 g/mol. The zero-order chi connectivity index (χ0) is 15.3. The number of hydrogen-bond acceptors (Lipinski definition) is 2. The van der Waals surface area contributed by atoms with Crippen molar-refractivity contribution in [3.63, 3.8) is 0 Å². The molecule has 0 atom stereocenters. The number of alkyl halides is 3. The minimum Gasteiger partial charge on any atom is -0.341 e. The Morgan fingerprint density at radius 2 is 1.76 bits per heavy atom. The van der Waals surface area contributed by atoms with Gasteiger partial charge in [-0.3, -0.25) is 0 Å². The smallest absolute Gasteiger partial charge is 0.341 e. The number of thioether (sulfide) groups is 1. The first kappa shape index (κ1) is 15.9. The van der Waals surface area contributed by atoms with Gasteiger partial charge < -0.3 is 5.32 Å². The average Bonchev–Trinajstić information content (AvgIpc) is 2.46. The van der Waals surface area contributed by atoms with Crippen LogP contribution in [0.25, 0.3) is 0 Å². The van der Waals surface area contributed by atoms with Gasteiger partial charge in [0.1, 0.15) is 4.32 Å². The Hall–Kier alpha value is -1.53. The highest BCUT2D eigenvalue weighted by atomic mass is 32.2. The molecular formula is C15H12F3NS2. The fourth-order valence-corrected chi connectivity index (χ4v) is 2.63. The van der Waals surface area contributed by atoms with Crippen molar-refractivity contribution in [1.29, 1.82) is 0 Å². The molecule has 0 fully saturated rings. The van der Waals surface area contributed by atoms with E-state index in [9.17, 15) is 13.2 Å². The molecule has 6 heteroatoms. The van der Waals surface area contributed by atoms with Crippen molar-refractivity contribution < 1.29 is 13.2 Å². The normalized spacial score (nSPS) is 11.2. The Labute approximate surface area is 130 Å². The van der Waals surface area contributed by atoms with Crippen LogP contribution in [0.4, 0.5) is 18.9 Å². The Morgan fingerprint density at radius 1 is 1.05 bits per heavy atom. The molecule has 0 spiro atoms. The lowest BCUT2D eigenvalue weighted by Crippen LogP contribution is -2.08. The molecule has 0 aliphatic heterocycles. The summed E-state index contributed by atoms with van der Waals surface area (Å²) in [7, 11) is 0. The van der Waals surface area contributed by atoms with Crippen molar-refractivity contribution in [1.82, 2.24) is 0 Å². The zero-order valence-electron chi connectivity index (χ0n) is 10.9. The van der Waals surface area contributed by atoms with Gasteiger partial charge in [-0.2, -0.15) is 13.2 Å². The molecule has 0 amide bonds. The van der Waals surface area contributed by atoms with Gasteiger partial charge in [0.15, 0.2) is 0 Å². The Balaban J connectivity index is 1.94. The van der Waals surface area contributed by atoms with Gasteiger partial charge in [-0.15, -0.1) is 0 Å². The number of thiocarbonyl (C=S) groups is 1. The standard InChI is InChI=1S/C15H12F3NS2/c16-15(17,18)12-7-4-8-13(9-12)19-14(20)21-10-11-5-2-1-3-6-11/h1-9H,10H2,(H,19,20). The maximum Gasteiger partial charge on any atom is 0.416 e. The second kappa shape index (κ2) is 6.95. The largest absolute Gasteiger partial charge is 0.416 e. The quantitative estimate of drug-likeness (QED) is 0.765. The summed E-state index contributed by atoms with van der Waals surface area (Å²) in [6.45, 7) is 0. The van der Waals surface area contributed by atoms with Gasteiger partial charge in [0, 0.05) is 11.4 Å². The fraction of sp³-hybridized carbons (Fsp3) is 0.133. The van der Waals surface area contributed by atoms with Crippen LogP contribution in [-0.4, -0.2) is 4.32 Å². The van der Waals surface area contributed by atoms with Crippen molar-refractivity contribution in [3.8, 4) is 0 Å². The molecule has 110 valence electrons.